The van der Waals surface area contributed by atoms with Crippen molar-refractivity contribution in [2.45, 2.75) is 59.8 Å². The van der Waals surface area contributed by atoms with E-state index in [-0.39, 0.29) is 5.75 Å². The molecule has 184 valence electrons. The van der Waals surface area contributed by atoms with Gasteiger partial charge >= 0.3 is 0 Å². The summed E-state index contributed by atoms with van der Waals surface area (Å²) in [7, 11) is 1.90. The minimum atomic E-state index is 0.248. The third-order valence-electron chi connectivity index (χ3n) is 7.28. The van der Waals surface area contributed by atoms with Gasteiger partial charge in [-0.05, 0) is 61.3 Å². The molecular formula is C29H37N5O. The number of aryl methyl sites for hydroxylation is 2. The lowest BCUT2D eigenvalue weighted by molar-refractivity contribution is 0.474. The summed E-state index contributed by atoms with van der Waals surface area (Å²) in [5.74, 6) is 1.99. The van der Waals surface area contributed by atoms with Crippen LogP contribution in [0.5, 0.6) is 5.75 Å². The van der Waals surface area contributed by atoms with Gasteiger partial charge in [-0.1, -0.05) is 34.1 Å². The number of phenolic OH excluding ortho intramolecular Hbond substituents is 1. The van der Waals surface area contributed by atoms with Crippen LogP contribution >= 0.6 is 0 Å². The summed E-state index contributed by atoms with van der Waals surface area (Å²) in [6.07, 6.45) is 7.52. The van der Waals surface area contributed by atoms with Gasteiger partial charge in [0, 0.05) is 48.2 Å². The summed E-state index contributed by atoms with van der Waals surface area (Å²) >= 11 is 0. The minimum Gasteiger partial charge on any atom is -0.507 e. The van der Waals surface area contributed by atoms with Crippen molar-refractivity contribution in [1.82, 2.24) is 19.7 Å². The first-order valence-electron chi connectivity index (χ1n) is 13.0. The van der Waals surface area contributed by atoms with E-state index < -0.39 is 0 Å². The van der Waals surface area contributed by atoms with Crippen LogP contribution in [0.15, 0.2) is 30.6 Å². The first-order chi connectivity index (χ1) is 16.7. The molecule has 1 saturated carbocycles. The maximum atomic E-state index is 11.1. The lowest BCUT2D eigenvalue weighted by Gasteiger charge is -2.29. The van der Waals surface area contributed by atoms with E-state index in [1.807, 2.05) is 32.4 Å². The van der Waals surface area contributed by atoms with Gasteiger partial charge in [0.25, 0.3) is 0 Å². The standard InChI is InChI=1S/C29H37N5O/c1-7-18(4)15-34(14-17(2)3)22-11-24-23(20-8-9-20)12-26(31-29(24)30-13-22)25-10-21-16-33(6)32-27(21)19(5)28(25)35/h10-13,16-18,20,35H,7-9,14-15H2,1-6H3/t18-/m1/s1. The molecule has 0 amide bonds. The number of nitrogens with zero attached hydrogens (tertiary/aromatic N) is 5. The average molecular weight is 472 g/mol. The Morgan fingerprint density at radius 2 is 1.91 bits per heavy atom. The molecule has 1 aliphatic carbocycles. The molecule has 1 aromatic carbocycles. The van der Waals surface area contributed by atoms with Crippen LogP contribution in [0, 0.1) is 18.8 Å². The number of hydrogen-bond donors (Lipinski definition) is 1. The third-order valence-corrected chi connectivity index (χ3v) is 7.28. The Labute approximate surface area is 208 Å². The topological polar surface area (TPSA) is 67.1 Å². The molecule has 4 aromatic rings. The van der Waals surface area contributed by atoms with Gasteiger partial charge in [-0.25, -0.2) is 9.97 Å². The molecule has 1 N–H and O–H groups in total. The molecule has 35 heavy (non-hydrogen) atoms. The highest BCUT2D eigenvalue weighted by atomic mass is 16.3. The second-order valence-electron chi connectivity index (χ2n) is 10.9. The molecule has 3 aromatic heterocycles. The molecule has 0 spiro atoms. The molecule has 0 radical (unpaired) electrons. The largest absolute Gasteiger partial charge is 0.507 e. The van der Waals surface area contributed by atoms with Crippen molar-refractivity contribution >= 4 is 27.6 Å². The van der Waals surface area contributed by atoms with Crippen LogP contribution in [0.1, 0.15) is 64.0 Å². The zero-order chi connectivity index (χ0) is 24.9. The highest BCUT2D eigenvalue weighted by molar-refractivity contribution is 5.92. The number of rotatable bonds is 8. The monoisotopic (exact) mass is 471 g/mol. The predicted molar refractivity (Wildman–Crippen MR) is 144 cm³/mol. The van der Waals surface area contributed by atoms with E-state index >= 15 is 0 Å². The Hall–Kier alpha value is -3.15. The predicted octanol–water partition coefficient (Wildman–Crippen LogP) is 6.58. The number of benzene rings is 1. The Morgan fingerprint density at radius 1 is 1.14 bits per heavy atom. The van der Waals surface area contributed by atoms with Gasteiger partial charge in [-0.15, -0.1) is 0 Å². The van der Waals surface area contributed by atoms with E-state index in [0.717, 1.165) is 58.3 Å². The number of aromatic nitrogens is 4. The summed E-state index contributed by atoms with van der Waals surface area (Å²) in [5, 5.41) is 17.7. The number of pyridine rings is 2. The number of aromatic hydroxyl groups is 1. The van der Waals surface area contributed by atoms with Crippen LogP contribution in [-0.4, -0.2) is 37.9 Å². The van der Waals surface area contributed by atoms with Gasteiger partial charge < -0.3 is 10.0 Å². The molecule has 6 nitrogen and oxygen atoms in total. The summed E-state index contributed by atoms with van der Waals surface area (Å²) < 4.78 is 1.79. The van der Waals surface area contributed by atoms with E-state index in [2.05, 4.69) is 49.8 Å². The molecule has 1 fully saturated rings. The second-order valence-corrected chi connectivity index (χ2v) is 10.9. The lowest BCUT2D eigenvalue weighted by atomic mass is 9.99. The zero-order valence-corrected chi connectivity index (χ0v) is 21.8. The lowest BCUT2D eigenvalue weighted by Crippen LogP contribution is -2.32. The van der Waals surface area contributed by atoms with Crippen molar-refractivity contribution in [3.05, 3.63) is 41.7 Å². The van der Waals surface area contributed by atoms with Crippen molar-refractivity contribution in [2.24, 2.45) is 18.9 Å². The van der Waals surface area contributed by atoms with Gasteiger partial charge in [0.05, 0.1) is 23.1 Å². The second kappa shape index (κ2) is 9.14. The van der Waals surface area contributed by atoms with Gasteiger partial charge in [-0.2, -0.15) is 5.10 Å². The Balaban J connectivity index is 1.63. The smallest absolute Gasteiger partial charge is 0.160 e. The summed E-state index contributed by atoms with van der Waals surface area (Å²) in [5.41, 5.74) is 6.37. The highest BCUT2D eigenvalue weighted by Crippen LogP contribution is 2.45. The van der Waals surface area contributed by atoms with Crippen LogP contribution < -0.4 is 4.90 Å². The summed E-state index contributed by atoms with van der Waals surface area (Å²) in [4.78, 5) is 12.3. The maximum absolute atomic E-state index is 11.1. The van der Waals surface area contributed by atoms with Crippen LogP contribution in [0.25, 0.3) is 33.2 Å². The fourth-order valence-corrected chi connectivity index (χ4v) is 5.03. The Kier molecular flexibility index (Phi) is 6.16. The number of fused-ring (bicyclic) bond motifs is 2. The number of anilines is 1. The highest BCUT2D eigenvalue weighted by Gasteiger charge is 2.28. The van der Waals surface area contributed by atoms with Crippen LogP contribution in [-0.2, 0) is 7.05 Å². The first-order valence-corrected chi connectivity index (χ1v) is 13.0. The van der Waals surface area contributed by atoms with E-state index in [4.69, 9.17) is 9.97 Å². The van der Waals surface area contributed by atoms with Crippen molar-refractivity contribution in [2.75, 3.05) is 18.0 Å². The van der Waals surface area contributed by atoms with Crippen LogP contribution in [0.2, 0.25) is 0 Å². The first kappa shape index (κ1) is 23.6. The van der Waals surface area contributed by atoms with Crippen LogP contribution in [0.4, 0.5) is 5.69 Å². The van der Waals surface area contributed by atoms with E-state index in [0.29, 0.717) is 17.8 Å². The zero-order valence-electron chi connectivity index (χ0n) is 21.8. The molecule has 0 unspecified atom stereocenters. The number of phenols is 1. The SMILES string of the molecule is CC[C@@H](C)CN(CC(C)C)c1cnc2nc(-c3cc4cn(C)nc4c(C)c3O)cc(C3CC3)c2c1. The Morgan fingerprint density at radius 3 is 2.60 bits per heavy atom. The fourth-order valence-electron chi connectivity index (χ4n) is 5.03. The minimum absolute atomic E-state index is 0.248. The molecule has 5 rings (SSSR count). The molecule has 1 aliphatic rings. The van der Waals surface area contributed by atoms with E-state index in [1.165, 1.54) is 24.1 Å². The summed E-state index contributed by atoms with van der Waals surface area (Å²) in [6.45, 7) is 13.1. The molecular weight excluding hydrogens is 434 g/mol. The quantitative estimate of drug-likeness (QED) is 0.314. The molecule has 0 bridgehead atoms. The number of hydrogen-bond acceptors (Lipinski definition) is 5. The van der Waals surface area contributed by atoms with Crippen molar-refractivity contribution in [3.63, 3.8) is 0 Å². The normalized spacial score (nSPS) is 14.8. The van der Waals surface area contributed by atoms with Gasteiger partial charge in [-0.3, -0.25) is 4.68 Å². The Bertz CT molecular complexity index is 1390. The van der Waals surface area contributed by atoms with Crippen molar-refractivity contribution in [1.29, 1.82) is 0 Å². The fraction of sp³-hybridized carbons (Fsp3) is 0.483. The molecule has 3 heterocycles. The van der Waals surface area contributed by atoms with Crippen LogP contribution in [0.3, 0.4) is 0 Å². The van der Waals surface area contributed by atoms with E-state index in [9.17, 15) is 5.11 Å². The molecule has 6 heteroatoms. The van der Waals surface area contributed by atoms with Crippen molar-refractivity contribution < 1.29 is 5.11 Å². The van der Waals surface area contributed by atoms with Crippen molar-refractivity contribution in [3.8, 4) is 17.0 Å². The maximum Gasteiger partial charge on any atom is 0.160 e. The average Bonchev–Trinajstić information content (AvgIpc) is 3.60. The van der Waals surface area contributed by atoms with Gasteiger partial charge in [0.1, 0.15) is 5.75 Å². The molecule has 0 aliphatic heterocycles. The van der Waals surface area contributed by atoms with Gasteiger partial charge in [0.2, 0.25) is 0 Å². The third kappa shape index (κ3) is 4.58. The van der Waals surface area contributed by atoms with E-state index in [1.54, 1.807) is 4.68 Å². The molecule has 1 atom stereocenters. The molecule has 0 saturated heterocycles. The summed E-state index contributed by atoms with van der Waals surface area (Å²) in [6, 6.07) is 6.48. The van der Waals surface area contributed by atoms with Gasteiger partial charge in [0.15, 0.2) is 5.65 Å².